The van der Waals surface area contributed by atoms with E-state index in [1.54, 1.807) is 7.11 Å². The van der Waals surface area contributed by atoms with Gasteiger partial charge in [0, 0.05) is 0 Å². The van der Waals surface area contributed by atoms with E-state index in [1.165, 1.54) is 5.56 Å². The van der Waals surface area contributed by atoms with Gasteiger partial charge >= 0.3 is 0 Å². The van der Waals surface area contributed by atoms with Gasteiger partial charge in [0.2, 0.25) is 0 Å². The van der Waals surface area contributed by atoms with Crippen LogP contribution in [0.15, 0.2) is 24.3 Å². The Bertz CT molecular complexity index is 234. The molecule has 0 N–H and O–H groups in total. The predicted molar refractivity (Wildman–Crippen MR) is 55.7 cm³/mol. The number of rotatable bonds is 4. The summed E-state index contributed by atoms with van der Waals surface area (Å²) in [6.45, 7) is 7.81. The van der Waals surface area contributed by atoms with Gasteiger partial charge in [0.25, 0.3) is 0 Å². The minimum atomic E-state index is 0.478. The van der Waals surface area contributed by atoms with Crippen LogP contribution < -0.4 is 4.74 Å². The Kier molecular flexibility index (Phi) is 3.81. The number of hydrogen-bond acceptors (Lipinski definition) is 1. The van der Waals surface area contributed by atoms with Crippen molar-refractivity contribution in [2.24, 2.45) is 0 Å². The first-order valence-corrected chi connectivity index (χ1v) is 4.54. The monoisotopic (exact) mass is 176 g/mol. The molecular formula is C12H16O. The van der Waals surface area contributed by atoms with E-state index in [2.05, 4.69) is 26.0 Å². The predicted octanol–water partition coefficient (Wildman–Crippen LogP) is 3.23. The fourth-order valence-corrected chi connectivity index (χ4v) is 1.35. The van der Waals surface area contributed by atoms with Gasteiger partial charge in [-0.1, -0.05) is 26.0 Å². The number of ether oxygens (including phenoxy) is 1. The Labute approximate surface area is 80.7 Å². The van der Waals surface area contributed by atoms with Crippen LogP contribution in [0.2, 0.25) is 0 Å². The van der Waals surface area contributed by atoms with Gasteiger partial charge in [0.15, 0.2) is 0 Å². The lowest BCUT2D eigenvalue weighted by atomic mass is 9.94. The highest BCUT2D eigenvalue weighted by molar-refractivity contribution is 5.29. The molecule has 1 aromatic rings. The van der Waals surface area contributed by atoms with E-state index in [0.717, 1.165) is 18.6 Å². The largest absolute Gasteiger partial charge is 0.497 e. The lowest BCUT2D eigenvalue weighted by molar-refractivity contribution is 0.414. The van der Waals surface area contributed by atoms with Gasteiger partial charge in [0.05, 0.1) is 7.11 Å². The highest BCUT2D eigenvalue weighted by Gasteiger charge is 2.05. The average molecular weight is 176 g/mol. The molecule has 0 bridgehead atoms. The van der Waals surface area contributed by atoms with Gasteiger partial charge < -0.3 is 4.74 Å². The van der Waals surface area contributed by atoms with Crippen LogP contribution >= 0.6 is 0 Å². The van der Waals surface area contributed by atoms with Crippen molar-refractivity contribution in [3.05, 3.63) is 43.7 Å². The van der Waals surface area contributed by atoms with Crippen LogP contribution in [0, 0.1) is 13.8 Å². The van der Waals surface area contributed by atoms with Crippen molar-refractivity contribution in [3.8, 4) is 5.75 Å². The van der Waals surface area contributed by atoms with Gasteiger partial charge in [-0.3, -0.25) is 0 Å². The number of hydrogen-bond donors (Lipinski definition) is 0. The SMILES string of the molecule is [CH2]CC(C[CH2])c1ccc(OC)cc1. The zero-order valence-corrected chi connectivity index (χ0v) is 8.12. The van der Waals surface area contributed by atoms with Crippen molar-refractivity contribution >= 4 is 0 Å². The molecule has 0 heterocycles. The Balaban J connectivity index is 2.78. The average Bonchev–Trinajstić information content (AvgIpc) is 2.21. The third-order valence-electron chi connectivity index (χ3n) is 2.28. The van der Waals surface area contributed by atoms with E-state index in [4.69, 9.17) is 4.74 Å². The van der Waals surface area contributed by atoms with Crippen molar-refractivity contribution in [1.82, 2.24) is 0 Å². The fourth-order valence-electron chi connectivity index (χ4n) is 1.35. The molecule has 0 aliphatic carbocycles. The summed E-state index contributed by atoms with van der Waals surface area (Å²) in [6.07, 6.45) is 1.80. The van der Waals surface area contributed by atoms with E-state index in [9.17, 15) is 0 Å². The third kappa shape index (κ3) is 2.48. The van der Waals surface area contributed by atoms with Crippen LogP contribution in [-0.4, -0.2) is 7.11 Å². The third-order valence-corrected chi connectivity index (χ3v) is 2.28. The molecule has 0 fully saturated rings. The molecular weight excluding hydrogens is 160 g/mol. The van der Waals surface area contributed by atoms with Gasteiger partial charge in [0.1, 0.15) is 5.75 Å². The number of benzene rings is 1. The topological polar surface area (TPSA) is 9.23 Å². The standard InChI is InChI=1S/C12H16O/c1-4-10(5-2)11-6-8-12(13-3)9-7-11/h6-10H,1-2,4-5H2,3H3. The second kappa shape index (κ2) is 4.90. The Morgan fingerprint density at radius 1 is 1.15 bits per heavy atom. The van der Waals surface area contributed by atoms with E-state index < -0.39 is 0 Å². The fraction of sp³-hybridized carbons (Fsp3) is 0.333. The summed E-state index contributed by atoms with van der Waals surface area (Å²) in [5.41, 5.74) is 1.30. The molecule has 1 rings (SSSR count). The van der Waals surface area contributed by atoms with E-state index >= 15 is 0 Å². The lowest BCUT2D eigenvalue weighted by Gasteiger charge is -2.12. The van der Waals surface area contributed by atoms with Crippen molar-refractivity contribution in [1.29, 1.82) is 0 Å². The molecule has 1 aromatic carbocycles. The van der Waals surface area contributed by atoms with Crippen LogP contribution in [0.25, 0.3) is 0 Å². The first-order chi connectivity index (χ1) is 6.31. The summed E-state index contributed by atoms with van der Waals surface area (Å²) >= 11 is 0. The molecule has 0 saturated heterocycles. The van der Waals surface area contributed by atoms with Crippen LogP contribution in [-0.2, 0) is 0 Å². The van der Waals surface area contributed by atoms with Crippen LogP contribution in [0.4, 0.5) is 0 Å². The maximum Gasteiger partial charge on any atom is 0.118 e. The molecule has 0 aliphatic rings. The van der Waals surface area contributed by atoms with Gasteiger partial charge in [-0.15, -0.1) is 0 Å². The zero-order chi connectivity index (χ0) is 9.68. The van der Waals surface area contributed by atoms with Gasteiger partial charge in [-0.25, -0.2) is 0 Å². The van der Waals surface area contributed by atoms with Crippen LogP contribution in [0.5, 0.6) is 5.75 Å². The van der Waals surface area contributed by atoms with Gasteiger partial charge in [-0.2, -0.15) is 0 Å². The molecule has 2 radical (unpaired) electrons. The van der Waals surface area contributed by atoms with Crippen molar-refractivity contribution < 1.29 is 4.74 Å². The zero-order valence-electron chi connectivity index (χ0n) is 8.12. The van der Waals surface area contributed by atoms with E-state index in [-0.39, 0.29) is 0 Å². The van der Waals surface area contributed by atoms with Crippen molar-refractivity contribution in [2.45, 2.75) is 18.8 Å². The van der Waals surface area contributed by atoms with Crippen LogP contribution in [0.1, 0.15) is 24.3 Å². The Morgan fingerprint density at radius 2 is 1.69 bits per heavy atom. The van der Waals surface area contributed by atoms with E-state index in [0.29, 0.717) is 5.92 Å². The molecule has 70 valence electrons. The highest BCUT2D eigenvalue weighted by atomic mass is 16.5. The summed E-state index contributed by atoms with van der Waals surface area (Å²) < 4.78 is 5.08. The first-order valence-electron chi connectivity index (χ1n) is 4.54. The molecule has 13 heavy (non-hydrogen) atoms. The maximum absolute atomic E-state index is 5.08. The van der Waals surface area contributed by atoms with Crippen LogP contribution in [0.3, 0.4) is 0 Å². The quantitative estimate of drug-likeness (QED) is 0.684. The highest BCUT2D eigenvalue weighted by Crippen LogP contribution is 2.24. The van der Waals surface area contributed by atoms with E-state index in [1.807, 2.05) is 12.1 Å². The molecule has 0 saturated carbocycles. The molecule has 0 amide bonds. The van der Waals surface area contributed by atoms with Crippen molar-refractivity contribution in [3.63, 3.8) is 0 Å². The Hall–Kier alpha value is -0.980. The second-order valence-corrected chi connectivity index (χ2v) is 3.05. The molecule has 1 heteroatoms. The first kappa shape index (κ1) is 10.1. The summed E-state index contributed by atoms with van der Waals surface area (Å²) in [5, 5.41) is 0. The molecule has 0 unspecified atom stereocenters. The van der Waals surface area contributed by atoms with Gasteiger partial charge in [-0.05, 0) is 36.5 Å². The molecule has 0 spiro atoms. The smallest absolute Gasteiger partial charge is 0.118 e. The summed E-state index contributed by atoms with van der Waals surface area (Å²) in [4.78, 5) is 0. The molecule has 1 nitrogen and oxygen atoms in total. The molecule has 0 atom stereocenters. The molecule has 0 aromatic heterocycles. The minimum absolute atomic E-state index is 0.478. The number of methoxy groups -OCH3 is 1. The Morgan fingerprint density at radius 3 is 2.08 bits per heavy atom. The maximum atomic E-state index is 5.08. The second-order valence-electron chi connectivity index (χ2n) is 3.05. The van der Waals surface area contributed by atoms with Crippen molar-refractivity contribution in [2.75, 3.05) is 7.11 Å². The summed E-state index contributed by atoms with van der Waals surface area (Å²) in [5.74, 6) is 1.38. The normalized spacial score (nSPS) is 10.5. The minimum Gasteiger partial charge on any atom is -0.497 e. The lowest BCUT2D eigenvalue weighted by Crippen LogP contribution is -1.95. The molecule has 0 aliphatic heterocycles. The summed E-state index contributed by atoms with van der Waals surface area (Å²) in [7, 11) is 1.68. The summed E-state index contributed by atoms with van der Waals surface area (Å²) in [6, 6.07) is 8.13.